The Labute approximate surface area is 231 Å². The zero-order valence-electron chi connectivity index (χ0n) is 20.8. The highest BCUT2D eigenvalue weighted by molar-refractivity contribution is 7.93. The lowest BCUT2D eigenvalue weighted by Gasteiger charge is -2.26. The van der Waals surface area contributed by atoms with Gasteiger partial charge < -0.3 is 14.8 Å². The summed E-state index contributed by atoms with van der Waals surface area (Å²) in [6, 6.07) is 13.9. The molecule has 0 unspecified atom stereocenters. The molecule has 8 nitrogen and oxygen atoms in total. The van der Waals surface area contributed by atoms with Gasteiger partial charge in [0.2, 0.25) is 0 Å². The molecule has 0 fully saturated rings. The van der Waals surface area contributed by atoms with Crippen molar-refractivity contribution in [3.63, 3.8) is 0 Å². The Morgan fingerprint density at radius 1 is 1.03 bits per heavy atom. The normalized spacial score (nSPS) is 13.3. The lowest BCUT2D eigenvalue weighted by atomic mass is 10.0. The first-order chi connectivity index (χ1) is 18.1. The first-order valence-electron chi connectivity index (χ1n) is 11.9. The molecule has 0 radical (unpaired) electrons. The van der Waals surface area contributed by atoms with Gasteiger partial charge in [0.15, 0.2) is 0 Å². The predicted molar refractivity (Wildman–Crippen MR) is 147 cm³/mol. The van der Waals surface area contributed by atoms with Crippen LogP contribution in [0.1, 0.15) is 46.0 Å². The van der Waals surface area contributed by atoms with Crippen LogP contribution in [0.2, 0.25) is 10.0 Å². The topological polar surface area (TPSA) is 102 Å². The molecule has 1 heterocycles. The molecule has 0 atom stereocenters. The summed E-state index contributed by atoms with van der Waals surface area (Å²) in [4.78, 5) is 25.1. The van der Waals surface area contributed by atoms with E-state index in [1.54, 1.807) is 37.3 Å². The number of nitrogens with one attached hydrogen (secondary N) is 1. The largest absolute Gasteiger partial charge is 0.495 e. The maximum atomic E-state index is 13.8. The van der Waals surface area contributed by atoms with E-state index in [-0.39, 0.29) is 45.0 Å². The van der Waals surface area contributed by atoms with E-state index in [1.165, 1.54) is 35.7 Å². The number of ether oxygens (including phenoxy) is 2. The molecule has 200 valence electrons. The zero-order valence-corrected chi connectivity index (χ0v) is 23.1. The SMILES string of the molecule is CCOC(=O)c1ccc(NC(=O)c2ccc3c(c2)N(S(=O)(=O)c2cc(Cl)ccc2OC)CCCC3)cc1Cl. The maximum Gasteiger partial charge on any atom is 0.339 e. The van der Waals surface area contributed by atoms with E-state index in [0.29, 0.717) is 24.2 Å². The third kappa shape index (κ3) is 5.75. The number of sulfonamides is 1. The van der Waals surface area contributed by atoms with Crippen molar-refractivity contribution in [2.24, 2.45) is 0 Å². The van der Waals surface area contributed by atoms with Crippen molar-refractivity contribution in [1.29, 1.82) is 0 Å². The number of hydrogen-bond acceptors (Lipinski definition) is 6. The van der Waals surface area contributed by atoms with Crippen LogP contribution in [0.15, 0.2) is 59.5 Å². The van der Waals surface area contributed by atoms with Gasteiger partial charge >= 0.3 is 5.97 Å². The number of halogens is 2. The highest BCUT2D eigenvalue weighted by atomic mass is 35.5. The summed E-state index contributed by atoms with van der Waals surface area (Å²) in [5.41, 5.74) is 2.05. The van der Waals surface area contributed by atoms with Crippen molar-refractivity contribution in [3.05, 3.63) is 81.3 Å². The molecule has 1 N–H and O–H groups in total. The Kier molecular flexibility index (Phi) is 8.50. The molecule has 1 aliphatic rings. The summed E-state index contributed by atoms with van der Waals surface area (Å²) in [5, 5.41) is 3.15. The number of anilines is 2. The molecule has 1 aliphatic heterocycles. The first kappa shape index (κ1) is 27.8. The van der Waals surface area contributed by atoms with Gasteiger partial charge in [-0.25, -0.2) is 13.2 Å². The summed E-state index contributed by atoms with van der Waals surface area (Å²) < 4.78 is 39.2. The molecule has 0 aromatic heterocycles. The van der Waals surface area contributed by atoms with Gasteiger partial charge in [0, 0.05) is 22.8 Å². The average Bonchev–Trinajstić information content (AvgIpc) is 3.11. The molecule has 11 heteroatoms. The molecule has 0 saturated carbocycles. The Bertz CT molecular complexity index is 1490. The highest BCUT2D eigenvalue weighted by Crippen LogP contribution is 2.36. The zero-order chi connectivity index (χ0) is 27.4. The van der Waals surface area contributed by atoms with Crippen LogP contribution < -0.4 is 14.4 Å². The predicted octanol–water partition coefficient (Wildman–Crippen LogP) is 5.96. The summed E-state index contributed by atoms with van der Waals surface area (Å²) in [6.45, 7) is 2.14. The molecule has 0 spiro atoms. The van der Waals surface area contributed by atoms with Crippen molar-refractivity contribution < 1.29 is 27.5 Å². The first-order valence-corrected chi connectivity index (χ1v) is 14.1. The van der Waals surface area contributed by atoms with Gasteiger partial charge in [0.25, 0.3) is 15.9 Å². The molecule has 3 aromatic carbocycles. The Hall–Kier alpha value is -3.27. The van der Waals surface area contributed by atoms with E-state index in [1.807, 2.05) is 0 Å². The third-order valence-corrected chi connectivity index (χ3v) is 8.47. The molecular weight excluding hydrogens is 551 g/mol. The van der Waals surface area contributed by atoms with E-state index >= 15 is 0 Å². The molecule has 0 bridgehead atoms. The molecule has 4 rings (SSSR count). The van der Waals surface area contributed by atoms with Crippen molar-refractivity contribution >= 4 is 56.5 Å². The Balaban J connectivity index is 1.67. The van der Waals surface area contributed by atoms with Gasteiger partial charge in [-0.3, -0.25) is 9.10 Å². The molecule has 0 aliphatic carbocycles. The number of fused-ring (bicyclic) bond motifs is 1. The number of hydrogen-bond donors (Lipinski definition) is 1. The number of benzene rings is 3. The Morgan fingerprint density at radius 2 is 1.82 bits per heavy atom. The van der Waals surface area contributed by atoms with Crippen molar-refractivity contribution in [1.82, 2.24) is 0 Å². The number of carbonyl (C=O) groups is 2. The van der Waals surface area contributed by atoms with Crippen LogP contribution in [0, 0.1) is 0 Å². The number of aryl methyl sites for hydroxylation is 1. The summed E-state index contributed by atoms with van der Waals surface area (Å²) in [7, 11) is -2.66. The van der Waals surface area contributed by atoms with Crippen LogP contribution in [0.4, 0.5) is 11.4 Å². The molecule has 38 heavy (non-hydrogen) atoms. The van der Waals surface area contributed by atoms with E-state index in [4.69, 9.17) is 32.7 Å². The third-order valence-electron chi connectivity index (χ3n) is 6.09. The van der Waals surface area contributed by atoms with E-state index in [2.05, 4.69) is 5.32 Å². The van der Waals surface area contributed by atoms with E-state index in [9.17, 15) is 18.0 Å². The second kappa shape index (κ2) is 11.6. The smallest absolute Gasteiger partial charge is 0.339 e. The number of esters is 1. The average molecular weight is 577 g/mol. The summed E-state index contributed by atoms with van der Waals surface area (Å²) in [6.07, 6.45) is 2.10. The quantitative estimate of drug-likeness (QED) is 0.348. The van der Waals surface area contributed by atoms with Crippen LogP contribution in [0.25, 0.3) is 0 Å². The van der Waals surface area contributed by atoms with Crippen molar-refractivity contribution in [2.75, 3.05) is 29.9 Å². The fourth-order valence-electron chi connectivity index (χ4n) is 4.23. The second-order valence-electron chi connectivity index (χ2n) is 8.54. The lowest BCUT2D eigenvalue weighted by molar-refractivity contribution is 0.0526. The number of rotatable bonds is 7. The van der Waals surface area contributed by atoms with Crippen LogP contribution in [0.5, 0.6) is 5.75 Å². The second-order valence-corrected chi connectivity index (χ2v) is 11.2. The highest BCUT2D eigenvalue weighted by Gasteiger charge is 2.31. The van der Waals surface area contributed by atoms with Gasteiger partial charge in [-0.1, -0.05) is 29.3 Å². The van der Waals surface area contributed by atoms with E-state index in [0.717, 1.165) is 12.0 Å². The van der Waals surface area contributed by atoms with Crippen LogP contribution in [-0.4, -0.2) is 40.6 Å². The summed E-state index contributed by atoms with van der Waals surface area (Å²) >= 11 is 12.3. The fraction of sp³-hybridized carbons (Fsp3) is 0.259. The number of amides is 1. The van der Waals surface area contributed by atoms with Gasteiger partial charge in [0.1, 0.15) is 10.6 Å². The van der Waals surface area contributed by atoms with Gasteiger partial charge in [-0.2, -0.15) is 0 Å². The van der Waals surface area contributed by atoms with Gasteiger partial charge in [-0.05, 0) is 80.3 Å². The van der Waals surface area contributed by atoms with Crippen molar-refractivity contribution in [3.8, 4) is 5.75 Å². The Morgan fingerprint density at radius 3 is 2.53 bits per heavy atom. The minimum Gasteiger partial charge on any atom is -0.495 e. The van der Waals surface area contributed by atoms with Gasteiger partial charge in [-0.15, -0.1) is 0 Å². The molecular formula is C27H26Cl2N2O6S. The lowest BCUT2D eigenvalue weighted by Crippen LogP contribution is -2.32. The maximum absolute atomic E-state index is 13.8. The van der Waals surface area contributed by atoms with Crippen LogP contribution >= 0.6 is 23.2 Å². The van der Waals surface area contributed by atoms with Gasteiger partial charge in [0.05, 0.1) is 30.0 Å². The number of nitrogens with zero attached hydrogens (tertiary/aromatic N) is 1. The fourth-order valence-corrected chi connectivity index (χ4v) is 6.44. The summed E-state index contributed by atoms with van der Waals surface area (Å²) in [5.74, 6) is -0.842. The minimum atomic E-state index is -4.06. The molecule has 3 aromatic rings. The monoisotopic (exact) mass is 576 g/mol. The number of carbonyl (C=O) groups excluding carboxylic acids is 2. The minimum absolute atomic E-state index is 0.0495. The van der Waals surface area contributed by atoms with Crippen LogP contribution in [-0.2, 0) is 21.2 Å². The molecule has 1 amide bonds. The number of methoxy groups -OCH3 is 1. The van der Waals surface area contributed by atoms with Crippen molar-refractivity contribution in [2.45, 2.75) is 31.1 Å². The van der Waals surface area contributed by atoms with E-state index < -0.39 is 21.9 Å². The standard InChI is InChI=1S/C27H26Cl2N2O6S/c1-3-37-27(33)21-11-10-20(16-22(21)29)30-26(32)18-8-7-17-6-4-5-13-31(23(17)14-18)38(34,35)25-15-19(28)9-12-24(25)36-2/h7-12,14-16H,3-6,13H2,1-2H3,(H,30,32). The molecule has 0 saturated heterocycles. The van der Waals surface area contributed by atoms with Crippen LogP contribution in [0.3, 0.4) is 0 Å².